The number of rotatable bonds is 2. The number of hydrogen-bond donors (Lipinski definition) is 2. The van der Waals surface area contributed by atoms with E-state index < -0.39 is 11.7 Å². The van der Waals surface area contributed by atoms with Gasteiger partial charge in [-0.2, -0.15) is 0 Å². The Bertz CT molecular complexity index is 370. The summed E-state index contributed by atoms with van der Waals surface area (Å²) in [6.07, 6.45) is -0.452. The minimum absolute atomic E-state index is 0.205. The van der Waals surface area contributed by atoms with E-state index >= 15 is 0 Å². The van der Waals surface area contributed by atoms with Crippen molar-refractivity contribution in [2.45, 2.75) is 39.3 Å². The molecule has 0 bridgehead atoms. The van der Waals surface area contributed by atoms with Crippen molar-refractivity contribution >= 4 is 22.6 Å². The van der Waals surface area contributed by atoms with E-state index in [9.17, 15) is 4.79 Å². The molecule has 0 saturated heterocycles. The third kappa shape index (κ3) is 4.06. The normalized spacial score (nSPS) is 13.2. The second-order valence-electron chi connectivity index (χ2n) is 4.48. The lowest BCUT2D eigenvalue weighted by Crippen LogP contribution is -2.34. The molecule has 0 saturated carbocycles. The molecule has 0 aliphatic rings. The molecule has 3 N–H and O–H groups in total. The first-order valence-corrected chi connectivity index (χ1v) is 5.86. The summed E-state index contributed by atoms with van der Waals surface area (Å²) in [5.41, 5.74) is 5.76. The minimum atomic E-state index is -0.495. The van der Waals surface area contributed by atoms with E-state index in [1.54, 1.807) is 0 Å². The maximum absolute atomic E-state index is 11.5. The molecule has 0 fully saturated rings. The highest BCUT2D eigenvalue weighted by atomic mass is 32.1. The van der Waals surface area contributed by atoms with Crippen LogP contribution < -0.4 is 11.1 Å². The predicted octanol–water partition coefficient (Wildman–Crippen LogP) is 2.31. The maximum atomic E-state index is 11.5. The first kappa shape index (κ1) is 12.8. The fraction of sp³-hybridized carbons (Fsp3) is 0.600. The second kappa shape index (κ2) is 4.69. The van der Waals surface area contributed by atoms with Crippen LogP contribution in [0.1, 0.15) is 39.4 Å². The molecule has 1 aromatic heterocycles. The Morgan fingerprint density at radius 2 is 2.25 bits per heavy atom. The quantitative estimate of drug-likeness (QED) is 0.835. The number of nitrogens with one attached hydrogen (secondary N) is 1. The van der Waals surface area contributed by atoms with Gasteiger partial charge in [-0.05, 0) is 27.7 Å². The van der Waals surface area contributed by atoms with Crippen molar-refractivity contribution in [2.75, 3.05) is 5.73 Å². The number of hydrogen-bond acceptors (Lipinski definition) is 5. The van der Waals surface area contributed by atoms with Gasteiger partial charge in [-0.1, -0.05) is 0 Å². The zero-order valence-electron chi connectivity index (χ0n) is 9.90. The van der Waals surface area contributed by atoms with Crippen LogP contribution >= 0.6 is 11.3 Å². The summed E-state index contributed by atoms with van der Waals surface area (Å²) in [5, 5.41) is 5.00. The molecule has 0 spiro atoms. The lowest BCUT2D eigenvalue weighted by molar-refractivity contribution is 0.0507. The summed E-state index contributed by atoms with van der Waals surface area (Å²) < 4.78 is 5.13. The van der Waals surface area contributed by atoms with Crippen molar-refractivity contribution in [3.05, 3.63) is 11.1 Å². The number of alkyl carbamates (subject to hydrolysis) is 1. The predicted molar refractivity (Wildman–Crippen MR) is 64.3 cm³/mol. The average Bonchev–Trinajstić information content (AvgIpc) is 2.47. The number of nitrogens with two attached hydrogens (primary N) is 1. The fourth-order valence-corrected chi connectivity index (χ4v) is 1.71. The highest BCUT2D eigenvalue weighted by Gasteiger charge is 2.19. The van der Waals surface area contributed by atoms with E-state index in [0.717, 1.165) is 5.69 Å². The number of anilines is 1. The summed E-state index contributed by atoms with van der Waals surface area (Å²) in [5.74, 6) is 0. The van der Waals surface area contributed by atoms with E-state index in [4.69, 9.17) is 10.5 Å². The monoisotopic (exact) mass is 243 g/mol. The van der Waals surface area contributed by atoms with E-state index in [2.05, 4.69) is 10.3 Å². The van der Waals surface area contributed by atoms with Gasteiger partial charge in [0.05, 0.1) is 11.7 Å². The molecule has 1 rings (SSSR count). The van der Waals surface area contributed by atoms with Crippen LogP contribution in [0, 0.1) is 0 Å². The van der Waals surface area contributed by atoms with Crippen LogP contribution in [-0.4, -0.2) is 16.7 Å². The Labute approximate surface area is 99.0 Å². The molecule has 0 aliphatic carbocycles. The van der Waals surface area contributed by atoms with Crippen molar-refractivity contribution in [1.29, 1.82) is 0 Å². The maximum Gasteiger partial charge on any atom is 0.408 e. The molecule has 1 heterocycles. The van der Waals surface area contributed by atoms with E-state index in [0.29, 0.717) is 5.13 Å². The molecule has 0 aromatic carbocycles. The first-order valence-electron chi connectivity index (χ1n) is 4.98. The zero-order valence-corrected chi connectivity index (χ0v) is 10.7. The summed E-state index contributed by atoms with van der Waals surface area (Å²) in [6, 6.07) is -0.205. The summed E-state index contributed by atoms with van der Waals surface area (Å²) in [4.78, 5) is 15.5. The third-order valence-corrected chi connectivity index (χ3v) is 2.41. The number of carbonyl (C=O) groups is 1. The van der Waals surface area contributed by atoms with Crippen molar-refractivity contribution in [2.24, 2.45) is 0 Å². The first-order chi connectivity index (χ1) is 7.28. The Hall–Kier alpha value is -1.30. The van der Waals surface area contributed by atoms with Gasteiger partial charge >= 0.3 is 6.09 Å². The SMILES string of the molecule is C[C@H](NC(=O)OC(C)(C)C)c1csc(N)n1. The number of thiazole rings is 1. The standard InChI is InChI=1S/C10H17N3O2S/c1-6(7-5-16-8(11)13-7)12-9(14)15-10(2,3)4/h5-6H,1-4H3,(H2,11,13)(H,12,14)/t6-/m0/s1. The average molecular weight is 243 g/mol. The number of ether oxygens (including phenoxy) is 1. The van der Waals surface area contributed by atoms with Crippen molar-refractivity contribution < 1.29 is 9.53 Å². The van der Waals surface area contributed by atoms with Gasteiger partial charge in [0.2, 0.25) is 0 Å². The van der Waals surface area contributed by atoms with Crippen LogP contribution in [0.5, 0.6) is 0 Å². The van der Waals surface area contributed by atoms with Gasteiger partial charge in [-0.3, -0.25) is 0 Å². The lowest BCUT2D eigenvalue weighted by atomic mass is 10.2. The van der Waals surface area contributed by atoms with Crippen LogP contribution in [0.2, 0.25) is 0 Å². The van der Waals surface area contributed by atoms with E-state index in [-0.39, 0.29) is 6.04 Å². The Kier molecular flexibility index (Phi) is 3.74. The molecule has 1 amide bonds. The Balaban J connectivity index is 2.52. The Morgan fingerprint density at radius 3 is 2.69 bits per heavy atom. The smallest absolute Gasteiger partial charge is 0.408 e. The molecule has 1 atom stereocenters. The Morgan fingerprint density at radius 1 is 1.62 bits per heavy atom. The van der Waals surface area contributed by atoms with Crippen LogP contribution in [-0.2, 0) is 4.74 Å². The minimum Gasteiger partial charge on any atom is -0.444 e. The van der Waals surface area contributed by atoms with E-state index in [1.807, 2.05) is 33.1 Å². The summed E-state index contributed by atoms with van der Waals surface area (Å²) >= 11 is 1.35. The highest BCUT2D eigenvalue weighted by Crippen LogP contribution is 2.18. The number of aromatic nitrogens is 1. The highest BCUT2D eigenvalue weighted by molar-refractivity contribution is 7.13. The number of carbonyl (C=O) groups excluding carboxylic acids is 1. The molecule has 0 unspecified atom stereocenters. The van der Waals surface area contributed by atoms with Gasteiger partial charge in [0.15, 0.2) is 5.13 Å². The molecular formula is C10H17N3O2S. The van der Waals surface area contributed by atoms with Gasteiger partial charge in [-0.15, -0.1) is 11.3 Å². The van der Waals surface area contributed by atoms with Crippen LogP contribution in [0.15, 0.2) is 5.38 Å². The van der Waals surface area contributed by atoms with Crippen molar-refractivity contribution in [3.63, 3.8) is 0 Å². The van der Waals surface area contributed by atoms with Gasteiger partial charge in [0.25, 0.3) is 0 Å². The molecule has 0 aliphatic heterocycles. The van der Waals surface area contributed by atoms with Crippen LogP contribution in [0.4, 0.5) is 9.93 Å². The molecule has 0 radical (unpaired) electrons. The number of nitrogen functional groups attached to an aromatic ring is 1. The second-order valence-corrected chi connectivity index (χ2v) is 5.37. The molecule has 1 aromatic rings. The van der Waals surface area contributed by atoms with Gasteiger partial charge in [0, 0.05) is 5.38 Å². The van der Waals surface area contributed by atoms with Crippen LogP contribution in [0.3, 0.4) is 0 Å². The summed E-state index contributed by atoms with van der Waals surface area (Å²) in [7, 11) is 0. The topological polar surface area (TPSA) is 77.2 Å². The largest absolute Gasteiger partial charge is 0.444 e. The number of nitrogens with zero attached hydrogens (tertiary/aromatic N) is 1. The molecule has 5 nitrogen and oxygen atoms in total. The van der Waals surface area contributed by atoms with E-state index in [1.165, 1.54) is 11.3 Å². The lowest BCUT2D eigenvalue weighted by Gasteiger charge is -2.21. The van der Waals surface area contributed by atoms with Gasteiger partial charge in [-0.25, -0.2) is 9.78 Å². The molecule has 6 heteroatoms. The van der Waals surface area contributed by atoms with Crippen LogP contribution in [0.25, 0.3) is 0 Å². The van der Waals surface area contributed by atoms with Gasteiger partial charge in [0.1, 0.15) is 5.60 Å². The summed E-state index contributed by atoms with van der Waals surface area (Å²) in [6.45, 7) is 7.28. The molecule has 16 heavy (non-hydrogen) atoms. The van der Waals surface area contributed by atoms with Crippen molar-refractivity contribution in [1.82, 2.24) is 10.3 Å². The van der Waals surface area contributed by atoms with Gasteiger partial charge < -0.3 is 15.8 Å². The van der Waals surface area contributed by atoms with Crippen molar-refractivity contribution in [3.8, 4) is 0 Å². The zero-order chi connectivity index (χ0) is 12.3. The fourth-order valence-electron chi connectivity index (χ4n) is 1.06. The molecular weight excluding hydrogens is 226 g/mol. The molecule has 90 valence electrons. The number of amides is 1. The third-order valence-electron chi connectivity index (χ3n) is 1.72.